The van der Waals surface area contributed by atoms with Crippen LogP contribution in [0, 0.1) is 34.6 Å². The Labute approximate surface area is 173 Å². The zero-order valence-corrected chi connectivity index (χ0v) is 17.7. The molecule has 0 unspecified atom stereocenters. The number of rotatable bonds is 5. The summed E-state index contributed by atoms with van der Waals surface area (Å²) in [6, 6.07) is 20.0. The molecule has 0 atom stereocenters. The van der Waals surface area contributed by atoms with Gasteiger partial charge in [-0.1, -0.05) is 24.3 Å². The van der Waals surface area contributed by atoms with E-state index in [1.807, 2.05) is 61.5 Å². The van der Waals surface area contributed by atoms with Crippen LogP contribution in [0.3, 0.4) is 0 Å². The third-order valence-electron chi connectivity index (χ3n) is 4.83. The van der Waals surface area contributed by atoms with Gasteiger partial charge in [0.1, 0.15) is 11.5 Å². The molecule has 3 heteroatoms. The number of hydrogen-bond donors (Lipinski definition) is 0. The van der Waals surface area contributed by atoms with E-state index in [1.165, 1.54) is 22.3 Å². The molecule has 3 aromatic carbocycles. The fourth-order valence-electron chi connectivity index (χ4n) is 2.77. The molecule has 3 rings (SSSR count). The van der Waals surface area contributed by atoms with Crippen LogP contribution in [-0.4, -0.2) is 5.90 Å². The number of ether oxygens (including phenoxy) is 2. The highest BCUT2D eigenvalue weighted by Gasteiger charge is 2.03. The second-order valence-electron chi connectivity index (χ2n) is 7.30. The van der Waals surface area contributed by atoms with Crippen molar-refractivity contribution in [1.29, 1.82) is 0 Å². The average molecular weight is 386 g/mol. The molecule has 0 heterocycles. The van der Waals surface area contributed by atoms with E-state index in [1.54, 1.807) is 12.3 Å². The molecule has 0 N–H and O–H groups in total. The summed E-state index contributed by atoms with van der Waals surface area (Å²) in [4.78, 5) is 4.68. The van der Waals surface area contributed by atoms with Crippen LogP contribution in [0.15, 0.2) is 78.0 Å². The monoisotopic (exact) mass is 385 g/mol. The molecular weight excluding hydrogens is 358 g/mol. The Balaban J connectivity index is 1.85. The average Bonchev–Trinajstić information content (AvgIpc) is 2.67. The van der Waals surface area contributed by atoms with E-state index in [-0.39, 0.29) is 0 Å². The summed E-state index contributed by atoms with van der Waals surface area (Å²) in [7, 11) is 0. The molecule has 0 aromatic heterocycles. The van der Waals surface area contributed by atoms with Crippen LogP contribution in [-0.2, 0) is 0 Å². The molecule has 29 heavy (non-hydrogen) atoms. The molecular formula is C26H27NO2. The third kappa shape index (κ3) is 5.82. The maximum Gasteiger partial charge on any atom is 0.222 e. The SMILES string of the molecule is Cc1cccc(OC(C=COc2ccc(C)c(C)c2)=Nc2ccc(C)c(C)c2)c1. The lowest BCUT2D eigenvalue weighted by Gasteiger charge is -2.08. The van der Waals surface area contributed by atoms with Crippen molar-refractivity contribution in [3.63, 3.8) is 0 Å². The van der Waals surface area contributed by atoms with Gasteiger partial charge in [-0.25, -0.2) is 4.99 Å². The van der Waals surface area contributed by atoms with Crippen molar-refractivity contribution in [2.75, 3.05) is 0 Å². The summed E-state index contributed by atoms with van der Waals surface area (Å²) >= 11 is 0. The highest BCUT2D eigenvalue weighted by atomic mass is 16.5. The van der Waals surface area contributed by atoms with E-state index in [2.05, 4.69) is 38.8 Å². The molecule has 0 fully saturated rings. The minimum atomic E-state index is 0.461. The van der Waals surface area contributed by atoms with Gasteiger partial charge in [-0.05, 0) is 98.8 Å². The lowest BCUT2D eigenvalue weighted by atomic mass is 10.1. The maximum atomic E-state index is 6.03. The van der Waals surface area contributed by atoms with Crippen molar-refractivity contribution in [1.82, 2.24) is 0 Å². The summed E-state index contributed by atoms with van der Waals surface area (Å²) in [5.74, 6) is 1.98. The first-order chi connectivity index (χ1) is 13.9. The number of hydrogen-bond acceptors (Lipinski definition) is 3. The van der Waals surface area contributed by atoms with Gasteiger partial charge < -0.3 is 9.47 Å². The summed E-state index contributed by atoms with van der Waals surface area (Å²) < 4.78 is 11.8. The van der Waals surface area contributed by atoms with Crippen molar-refractivity contribution in [2.45, 2.75) is 34.6 Å². The first kappa shape index (κ1) is 20.4. The quantitative estimate of drug-likeness (QED) is 0.271. The fourth-order valence-corrected chi connectivity index (χ4v) is 2.77. The molecule has 0 aliphatic carbocycles. The van der Waals surface area contributed by atoms with Crippen LogP contribution in [0.5, 0.6) is 11.5 Å². The van der Waals surface area contributed by atoms with Crippen LogP contribution >= 0.6 is 0 Å². The lowest BCUT2D eigenvalue weighted by Crippen LogP contribution is -2.05. The Bertz CT molecular complexity index is 1060. The molecule has 148 valence electrons. The molecule has 3 aromatic rings. The third-order valence-corrected chi connectivity index (χ3v) is 4.83. The molecule has 0 aliphatic heterocycles. The molecule has 0 radical (unpaired) electrons. The second kappa shape index (κ2) is 9.24. The lowest BCUT2D eigenvalue weighted by molar-refractivity contribution is 0.478. The molecule has 0 aliphatic rings. The number of aryl methyl sites for hydroxylation is 5. The summed E-state index contributed by atoms with van der Waals surface area (Å²) in [5.41, 5.74) is 6.82. The molecule has 0 saturated heterocycles. The van der Waals surface area contributed by atoms with E-state index in [0.29, 0.717) is 5.90 Å². The van der Waals surface area contributed by atoms with Crippen molar-refractivity contribution >= 4 is 11.6 Å². The molecule has 0 bridgehead atoms. The van der Waals surface area contributed by atoms with Gasteiger partial charge in [-0.2, -0.15) is 0 Å². The summed E-state index contributed by atoms with van der Waals surface area (Å²) in [6.45, 7) is 10.3. The van der Waals surface area contributed by atoms with Crippen LogP contribution in [0.4, 0.5) is 5.69 Å². The van der Waals surface area contributed by atoms with E-state index in [9.17, 15) is 0 Å². The van der Waals surface area contributed by atoms with Crippen molar-refractivity contribution in [3.05, 3.63) is 101 Å². The van der Waals surface area contributed by atoms with Gasteiger partial charge in [0.2, 0.25) is 5.90 Å². The topological polar surface area (TPSA) is 30.8 Å². The Morgan fingerprint density at radius 3 is 2.14 bits per heavy atom. The number of aliphatic imine (C=N–C) groups is 1. The van der Waals surface area contributed by atoms with E-state index >= 15 is 0 Å². The summed E-state index contributed by atoms with van der Waals surface area (Å²) in [6.07, 6.45) is 3.35. The zero-order chi connectivity index (χ0) is 20.8. The van der Waals surface area contributed by atoms with Gasteiger partial charge in [0.05, 0.1) is 11.9 Å². The van der Waals surface area contributed by atoms with Crippen LogP contribution in [0.25, 0.3) is 0 Å². The highest BCUT2D eigenvalue weighted by molar-refractivity contribution is 5.91. The maximum absolute atomic E-state index is 6.03. The Kier molecular flexibility index (Phi) is 6.50. The normalized spacial score (nSPS) is 11.7. The van der Waals surface area contributed by atoms with Crippen LogP contribution in [0.2, 0.25) is 0 Å². The Morgan fingerprint density at radius 2 is 1.45 bits per heavy atom. The predicted molar refractivity (Wildman–Crippen MR) is 121 cm³/mol. The highest BCUT2D eigenvalue weighted by Crippen LogP contribution is 2.20. The molecule has 3 nitrogen and oxygen atoms in total. The van der Waals surface area contributed by atoms with Gasteiger partial charge in [-0.3, -0.25) is 0 Å². The molecule has 0 spiro atoms. The zero-order valence-electron chi connectivity index (χ0n) is 17.7. The Morgan fingerprint density at radius 1 is 0.724 bits per heavy atom. The number of nitrogens with zero attached hydrogens (tertiary/aromatic N) is 1. The molecule has 0 amide bonds. The van der Waals surface area contributed by atoms with Gasteiger partial charge in [-0.15, -0.1) is 0 Å². The van der Waals surface area contributed by atoms with E-state index < -0.39 is 0 Å². The van der Waals surface area contributed by atoms with Gasteiger partial charge in [0.25, 0.3) is 0 Å². The Hall–Kier alpha value is -3.33. The first-order valence-corrected chi connectivity index (χ1v) is 9.71. The minimum absolute atomic E-state index is 0.461. The van der Waals surface area contributed by atoms with E-state index in [4.69, 9.17) is 9.47 Å². The van der Waals surface area contributed by atoms with Crippen LogP contribution in [0.1, 0.15) is 27.8 Å². The predicted octanol–water partition coefficient (Wildman–Crippen LogP) is 6.93. The van der Waals surface area contributed by atoms with Gasteiger partial charge >= 0.3 is 0 Å². The van der Waals surface area contributed by atoms with Gasteiger partial charge in [0, 0.05) is 6.08 Å². The van der Waals surface area contributed by atoms with Crippen LogP contribution < -0.4 is 9.47 Å². The molecule has 0 saturated carbocycles. The second-order valence-corrected chi connectivity index (χ2v) is 7.30. The van der Waals surface area contributed by atoms with Crippen molar-refractivity contribution < 1.29 is 9.47 Å². The van der Waals surface area contributed by atoms with Crippen molar-refractivity contribution in [2.24, 2.45) is 4.99 Å². The number of benzene rings is 3. The van der Waals surface area contributed by atoms with Gasteiger partial charge in [0.15, 0.2) is 0 Å². The standard InChI is InChI=1S/C26H27NO2/c1-18-7-6-8-25(15-18)29-26(27-23-11-9-19(2)21(4)16-23)13-14-28-24-12-10-20(3)22(5)17-24/h6-17H,1-5H3. The summed E-state index contributed by atoms with van der Waals surface area (Å²) in [5, 5.41) is 0. The first-order valence-electron chi connectivity index (χ1n) is 9.71. The smallest absolute Gasteiger partial charge is 0.222 e. The largest absolute Gasteiger partial charge is 0.465 e. The minimum Gasteiger partial charge on any atom is -0.465 e. The van der Waals surface area contributed by atoms with Crippen molar-refractivity contribution in [3.8, 4) is 11.5 Å². The van der Waals surface area contributed by atoms with E-state index in [0.717, 1.165) is 22.7 Å². The fraction of sp³-hybridized carbons (Fsp3) is 0.192.